The lowest BCUT2D eigenvalue weighted by Gasteiger charge is -2.31. The zero-order chi connectivity index (χ0) is 25.7. The van der Waals surface area contributed by atoms with Gasteiger partial charge < -0.3 is 20.1 Å². The number of pyridine rings is 1. The Morgan fingerprint density at radius 2 is 1.86 bits per heavy atom. The molecule has 10 heteroatoms. The van der Waals surface area contributed by atoms with E-state index in [0.29, 0.717) is 41.5 Å². The maximum Gasteiger partial charge on any atom is 0.322 e. The minimum Gasteiger partial charge on any atom is -0.493 e. The minimum absolute atomic E-state index is 0.0394. The Morgan fingerprint density at radius 3 is 2.54 bits per heavy atom. The molecule has 9 nitrogen and oxygen atoms in total. The molecular formula is C27H23ClN4O5. The Labute approximate surface area is 217 Å². The van der Waals surface area contributed by atoms with Gasteiger partial charge in [-0.1, -0.05) is 41.9 Å². The SMILES string of the molecule is O=C1NC(=O)[C@](CN2Cc3ccc(OCC4CC4)cc3C2=O)(c2ccc(-c3cnc(O)c(Cl)c3)cc2)N1. The summed E-state index contributed by atoms with van der Waals surface area (Å²) in [6.07, 6.45) is 3.83. The maximum atomic E-state index is 13.3. The fourth-order valence-electron chi connectivity index (χ4n) is 4.78. The molecule has 3 heterocycles. The van der Waals surface area contributed by atoms with Crippen LogP contribution in [0.25, 0.3) is 11.1 Å². The van der Waals surface area contributed by atoms with Gasteiger partial charge in [0, 0.05) is 23.9 Å². The predicted molar refractivity (Wildman–Crippen MR) is 134 cm³/mol. The van der Waals surface area contributed by atoms with Gasteiger partial charge in [0.05, 0.1) is 13.2 Å². The van der Waals surface area contributed by atoms with Crippen molar-refractivity contribution in [3.05, 3.63) is 76.4 Å². The van der Waals surface area contributed by atoms with E-state index in [1.54, 1.807) is 41.3 Å². The average molecular weight is 519 g/mol. The Morgan fingerprint density at radius 1 is 1.08 bits per heavy atom. The second-order valence-electron chi connectivity index (χ2n) is 9.65. The van der Waals surface area contributed by atoms with Crippen LogP contribution in [0, 0.1) is 5.92 Å². The number of hydrogen-bond acceptors (Lipinski definition) is 6. The summed E-state index contributed by atoms with van der Waals surface area (Å²) in [7, 11) is 0. The Kier molecular flexibility index (Phi) is 5.52. The third-order valence-electron chi connectivity index (χ3n) is 7.05. The molecule has 6 rings (SSSR count). The van der Waals surface area contributed by atoms with Crippen molar-refractivity contribution in [2.45, 2.75) is 24.9 Å². The van der Waals surface area contributed by atoms with Crippen molar-refractivity contribution >= 4 is 29.4 Å². The molecule has 2 fully saturated rings. The standard InChI is InChI=1S/C27H23ClN4O5/c28-22-9-18(11-29-23(22)33)16-3-6-19(7-4-16)27(25(35)30-26(36)31-27)14-32-12-17-5-8-20(10-21(17)24(32)34)37-13-15-1-2-15/h3-11,15H,1-2,12-14H2,(H,29,33)(H2,30,31,35,36)/t27-/m0/s1. The van der Waals surface area contributed by atoms with Crippen LogP contribution in [0.1, 0.15) is 34.3 Å². The van der Waals surface area contributed by atoms with Crippen LogP contribution in [0.5, 0.6) is 11.6 Å². The van der Waals surface area contributed by atoms with Crippen molar-refractivity contribution in [2.75, 3.05) is 13.2 Å². The molecular weight excluding hydrogens is 496 g/mol. The number of hydrogen-bond donors (Lipinski definition) is 3. The molecule has 1 saturated carbocycles. The van der Waals surface area contributed by atoms with Gasteiger partial charge in [0.1, 0.15) is 10.8 Å². The largest absolute Gasteiger partial charge is 0.493 e. The van der Waals surface area contributed by atoms with E-state index in [1.807, 2.05) is 12.1 Å². The van der Waals surface area contributed by atoms with Crippen LogP contribution in [-0.2, 0) is 16.9 Å². The summed E-state index contributed by atoms with van der Waals surface area (Å²) in [6.45, 7) is 0.925. The summed E-state index contributed by atoms with van der Waals surface area (Å²) < 4.78 is 5.84. The topological polar surface area (TPSA) is 121 Å². The van der Waals surface area contributed by atoms with E-state index in [4.69, 9.17) is 16.3 Å². The lowest BCUT2D eigenvalue weighted by molar-refractivity contribution is -0.124. The monoisotopic (exact) mass is 518 g/mol. The molecule has 0 bridgehead atoms. The van der Waals surface area contributed by atoms with Gasteiger partial charge in [0.2, 0.25) is 5.88 Å². The fraction of sp³-hybridized carbons (Fsp3) is 0.259. The molecule has 37 heavy (non-hydrogen) atoms. The first-order chi connectivity index (χ1) is 17.8. The highest BCUT2D eigenvalue weighted by Crippen LogP contribution is 2.35. The molecule has 3 aliphatic rings. The van der Waals surface area contributed by atoms with Crippen molar-refractivity contribution in [1.82, 2.24) is 20.5 Å². The molecule has 0 radical (unpaired) electrons. The van der Waals surface area contributed by atoms with Gasteiger partial charge >= 0.3 is 6.03 Å². The number of carbonyl (C=O) groups is 3. The van der Waals surface area contributed by atoms with Crippen LogP contribution in [0.4, 0.5) is 4.79 Å². The van der Waals surface area contributed by atoms with Gasteiger partial charge in [0.15, 0.2) is 5.54 Å². The third kappa shape index (κ3) is 4.25. The van der Waals surface area contributed by atoms with E-state index >= 15 is 0 Å². The lowest BCUT2D eigenvalue weighted by Crippen LogP contribution is -2.52. The molecule has 1 aromatic heterocycles. The highest BCUT2D eigenvalue weighted by molar-refractivity contribution is 6.32. The lowest BCUT2D eigenvalue weighted by atomic mass is 9.88. The molecule has 1 saturated heterocycles. The number of amides is 4. The Hall–Kier alpha value is -4.11. The molecule has 3 aromatic rings. The molecule has 188 valence electrons. The van der Waals surface area contributed by atoms with E-state index in [2.05, 4.69) is 15.6 Å². The summed E-state index contributed by atoms with van der Waals surface area (Å²) >= 11 is 5.99. The number of aromatic hydroxyl groups is 1. The number of fused-ring (bicyclic) bond motifs is 1. The fourth-order valence-corrected chi connectivity index (χ4v) is 4.94. The Balaban J connectivity index is 1.27. The summed E-state index contributed by atoms with van der Waals surface area (Å²) in [5, 5.41) is 14.8. The smallest absolute Gasteiger partial charge is 0.322 e. The van der Waals surface area contributed by atoms with Crippen molar-refractivity contribution in [2.24, 2.45) is 5.92 Å². The second-order valence-corrected chi connectivity index (χ2v) is 10.1. The molecule has 2 aliphatic heterocycles. The maximum absolute atomic E-state index is 13.3. The summed E-state index contributed by atoms with van der Waals surface area (Å²) in [5.41, 5.74) is 1.88. The molecule has 3 N–H and O–H groups in total. The number of aromatic nitrogens is 1. The number of benzene rings is 2. The van der Waals surface area contributed by atoms with E-state index in [9.17, 15) is 19.5 Å². The minimum atomic E-state index is -1.45. The summed E-state index contributed by atoms with van der Waals surface area (Å²) in [4.78, 5) is 44.1. The van der Waals surface area contributed by atoms with Gasteiger partial charge in [0.25, 0.3) is 11.8 Å². The number of rotatable bonds is 7. The highest BCUT2D eigenvalue weighted by Gasteiger charge is 2.50. The van der Waals surface area contributed by atoms with Crippen molar-refractivity contribution in [1.29, 1.82) is 0 Å². The van der Waals surface area contributed by atoms with Gasteiger partial charge in [-0.05, 0) is 53.6 Å². The molecule has 1 atom stereocenters. The first kappa shape index (κ1) is 23.3. The first-order valence-electron chi connectivity index (χ1n) is 12.0. The summed E-state index contributed by atoms with van der Waals surface area (Å²) in [5.74, 6) is 0.239. The number of halogens is 1. The highest BCUT2D eigenvalue weighted by atomic mass is 35.5. The third-order valence-corrected chi connectivity index (χ3v) is 7.32. The van der Waals surface area contributed by atoms with Crippen LogP contribution in [-0.4, -0.2) is 46.0 Å². The predicted octanol–water partition coefficient (Wildman–Crippen LogP) is 3.59. The average Bonchev–Trinajstić information content (AvgIpc) is 3.61. The zero-order valence-electron chi connectivity index (χ0n) is 19.7. The number of imide groups is 1. The first-order valence-corrected chi connectivity index (χ1v) is 12.3. The van der Waals surface area contributed by atoms with Crippen molar-refractivity contribution in [3.8, 4) is 22.8 Å². The van der Waals surface area contributed by atoms with Crippen LogP contribution in [0.15, 0.2) is 54.7 Å². The number of carbonyl (C=O) groups excluding carboxylic acids is 3. The molecule has 2 aromatic carbocycles. The molecule has 0 unspecified atom stereocenters. The van der Waals surface area contributed by atoms with Crippen molar-refractivity contribution < 1.29 is 24.2 Å². The molecule has 4 amide bonds. The van der Waals surface area contributed by atoms with E-state index in [0.717, 1.165) is 11.1 Å². The van der Waals surface area contributed by atoms with Crippen LogP contribution in [0.3, 0.4) is 0 Å². The van der Waals surface area contributed by atoms with E-state index in [1.165, 1.54) is 19.0 Å². The Bertz CT molecular complexity index is 1440. The van der Waals surface area contributed by atoms with Crippen molar-refractivity contribution in [3.63, 3.8) is 0 Å². The van der Waals surface area contributed by atoms with Gasteiger partial charge in [-0.15, -0.1) is 0 Å². The van der Waals surface area contributed by atoms with Crippen LogP contribution in [0.2, 0.25) is 5.02 Å². The van der Waals surface area contributed by atoms with Crippen LogP contribution < -0.4 is 15.4 Å². The van der Waals surface area contributed by atoms with E-state index in [-0.39, 0.29) is 23.4 Å². The van der Waals surface area contributed by atoms with E-state index < -0.39 is 17.5 Å². The number of urea groups is 1. The zero-order valence-corrected chi connectivity index (χ0v) is 20.4. The number of nitrogens with one attached hydrogen (secondary N) is 2. The quantitative estimate of drug-likeness (QED) is 0.411. The normalized spacial score (nSPS) is 20.6. The number of ether oxygens (including phenoxy) is 1. The molecule has 0 spiro atoms. The van der Waals surface area contributed by atoms with Gasteiger partial charge in [-0.25, -0.2) is 9.78 Å². The summed E-state index contributed by atoms with van der Waals surface area (Å²) in [6, 6.07) is 13.4. The second kappa shape index (κ2) is 8.77. The van der Waals surface area contributed by atoms with Gasteiger partial charge in [-0.2, -0.15) is 0 Å². The van der Waals surface area contributed by atoms with Gasteiger partial charge in [-0.3, -0.25) is 14.9 Å². The number of nitrogens with zero attached hydrogens (tertiary/aromatic N) is 2. The van der Waals surface area contributed by atoms with Crippen LogP contribution >= 0.6 is 11.6 Å². The molecule has 1 aliphatic carbocycles.